The first-order valence-corrected chi connectivity index (χ1v) is 8.42. The van der Waals surface area contributed by atoms with Gasteiger partial charge in [-0.2, -0.15) is 5.06 Å². The summed E-state index contributed by atoms with van der Waals surface area (Å²) in [4.78, 5) is 13.4. The van der Waals surface area contributed by atoms with Gasteiger partial charge in [-0.1, -0.05) is 0 Å². The van der Waals surface area contributed by atoms with Gasteiger partial charge in [0.25, 0.3) is 0 Å². The van der Waals surface area contributed by atoms with E-state index in [1.165, 1.54) is 0 Å². The van der Waals surface area contributed by atoms with Crippen molar-refractivity contribution in [3.8, 4) is 0 Å². The minimum atomic E-state index is 0.277. The van der Waals surface area contributed by atoms with Crippen LogP contribution in [0.15, 0.2) is 0 Å². The van der Waals surface area contributed by atoms with Gasteiger partial charge in [0.2, 0.25) is 0 Å². The van der Waals surface area contributed by atoms with Crippen LogP contribution in [-0.2, 0) is 4.84 Å². The average molecular weight is 298 g/mol. The summed E-state index contributed by atoms with van der Waals surface area (Å²) >= 11 is 0. The summed E-state index contributed by atoms with van der Waals surface area (Å²) in [5, 5.41) is 2.13. The van der Waals surface area contributed by atoms with Crippen LogP contribution in [0.5, 0.6) is 0 Å². The number of rotatable bonds is 4. The lowest BCUT2D eigenvalue weighted by atomic mass is 10.1. The predicted octanol–water partition coefficient (Wildman–Crippen LogP) is 1.66. The van der Waals surface area contributed by atoms with Gasteiger partial charge in [-0.15, -0.1) is 0 Å². The third-order valence-corrected chi connectivity index (χ3v) is 5.83. The molecule has 2 heterocycles. The molecule has 0 aliphatic carbocycles. The molecule has 0 spiro atoms. The molecule has 21 heavy (non-hydrogen) atoms. The zero-order valence-corrected chi connectivity index (χ0v) is 14.9. The molecular formula is C16H34N4O. The van der Waals surface area contributed by atoms with Crippen LogP contribution in [0.2, 0.25) is 0 Å². The molecular weight excluding hydrogens is 264 g/mol. The monoisotopic (exact) mass is 298 g/mol. The summed E-state index contributed by atoms with van der Waals surface area (Å²) in [6, 6.07) is 1.77. The summed E-state index contributed by atoms with van der Waals surface area (Å²) in [6.45, 7) is 14.4. The van der Waals surface area contributed by atoms with E-state index in [-0.39, 0.29) is 6.10 Å². The lowest BCUT2D eigenvalue weighted by molar-refractivity contribution is -0.262. The topological polar surface area (TPSA) is 22.2 Å². The summed E-state index contributed by atoms with van der Waals surface area (Å²) in [5.74, 6) is 0. The van der Waals surface area contributed by atoms with E-state index >= 15 is 0 Å². The lowest BCUT2D eigenvalue weighted by Gasteiger charge is -2.41. The van der Waals surface area contributed by atoms with E-state index in [1.807, 2.05) is 0 Å². The van der Waals surface area contributed by atoms with Crippen molar-refractivity contribution in [2.45, 2.75) is 71.4 Å². The van der Waals surface area contributed by atoms with Crippen LogP contribution in [0.3, 0.4) is 0 Å². The molecule has 0 aromatic rings. The van der Waals surface area contributed by atoms with Crippen LogP contribution < -0.4 is 0 Å². The fourth-order valence-corrected chi connectivity index (χ4v) is 3.57. The molecule has 2 aliphatic heterocycles. The molecule has 0 saturated carbocycles. The minimum Gasteiger partial charge on any atom is -0.293 e. The molecule has 0 radical (unpaired) electrons. The van der Waals surface area contributed by atoms with Gasteiger partial charge in [-0.3, -0.25) is 19.5 Å². The maximum atomic E-state index is 5.99. The molecule has 0 bridgehead atoms. The number of hydrogen-bond donors (Lipinski definition) is 0. The molecule has 124 valence electrons. The lowest BCUT2D eigenvalue weighted by Crippen LogP contribution is -2.53. The van der Waals surface area contributed by atoms with E-state index in [0.29, 0.717) is 24.3 Å². The van der Waals surface area contributed by atoms with Crippen LogP contribution in [0, 0.1) is 0 Å². The second-order valence-corrected chi connectivity index (χ2v) is 7.02. The fourth-order valence-electron chi connectivity index (χ4n) is 3.57. The molecule has 5 nitrogen and oxygen atoms in total. The molecule has 2 aliphatic rings. The number of likely N-dealkylation sites (N-methyl/N-ethyl adjacent to an activating group) is 2. The Bertz CT molecular complexity index is 314. The molecule has 0 aromatic heterocycles. The van der Waals surface area contributed by atoms with Gasteiger partial charge in [0.15, 0.2) is 0 Å². The minimum absolute atomic E-state index is 0.277. The molecule has 2 saturated heterocycles. The first-order chi connectivity index (χ1) is 9.82. The van der Waals surface area contributed by atoms with Gasteiger partial charge in [0.05, 0.1) is 18.9 Å². The normalized spacial score (nSPS) is 41.0. The average Bonchev–Trinajstić information content (AvgIpc) is 2.62. The van der Waals surface area contributed by atoms with Crippen molar-refractivity contribution < 1.29 is 4.84 Å². The molecule has 5 heteroatoms. The van der Waals surface area contributed by atoms with E-state index in [2.05, 4.69) is 68.5 Å². The first kappa shape index (κ1) is 17.2. The maximum Gasteiger partial charge on any atom is 0.0918 e. The van der Waals surface area contributed by atoms with Gasteiger partial charge < -0.3 is 0 Å². The molecule has 5 atom stereocenters. The van der Waals surface area contributed by atoms with Crippen molar-refractivity contribution in [1.29, 1.82) is 0 Å². The van der Waals surface area contributed by atoms with E-state index < -0.39 is 0 Å². The molecule has 5 unspecified atom stereocenters. The van der Waals surface area contributed by atoms with Crippen LogP contribution in [0.25, 0.3) is 0 Å². The van der Waals surface area contributed by atoms with Crippen LogP contribution in [-0.4, -0.2) is 84.0 Å². The second kappa shape index (κ2) is 6.92. The number of hydrogen-bond acceptors (Lipinski definition) is 5. The Morgan fingerprint density at radius 3 is 2.10 bits per heavy atom. The summed E-state index contributed by atoms with van der Waals surface area (Å²) in [5.41, 5.74) is 0. The van der Waals surface area contributed by atoms with Crippen molar-refractivity contribution in [3.63, 3.8) is 0 Å². The molecule has 2 fully saturated rings. The Kier molecular flexibility index (Phi) is 5.65. The molecule has 0 N–H and O–H groups in total. The van der Waals surface area contributed by atoms with Gasteiger partial charge >= 0.3 is 0 Å². The van der Waals surface area contributed by atoms with E-state index in [9.17, 15) is 0 Å². The van der Waals surface area contributed by atoms with Crippen molar-refractivity contribution in [2.75, 3.05) is 33.9 Å². The third kappa shape index (κ3) is 3.59. The largest absolute Gasteiger partial charge is 0.293 e. The highest BCUT2D eigenvalue weighted by Crippen LogP contribution is 2.25. The Morgan fingerprint density at radius 2 is 1.57 bits per heavy atom. The molecule has 0 aromatic carbocycles. The van der Waals surface area contributed by atoms with Crippen molar-refractivity contribution >= 4 is 0 Å². The summed E-state index contributed by atoms with van der Waals surface area (Å²) < 4.78 is 0. The highest BCUT2D eigenvalue weighted by Gasteiger charge is 2.37. The Labute approximate surface area is 130 Å². The smallest absolute Gasteiger partial charge is 0.0918 e. The van der Waals surface area contributed by atoms with Crippen molar-refractivity contribution in [2.24, 2.45) is 0 Å². The Morgan fingerprint density at radius 1 is 0.905 bits per heavy atom. The fraction of sp³-hybridized carbons (Fsp3) is 1.00. The van der Waals surface area contributed by atoms with Crippen molar-refractivity contribution in [3.05, 3.63) is 0 Å². The first-order valence-electron chi connectivity index (χ1n) is 8.42. The van der Waals surface area contributed by atoms with Gasteiger partial charge in [0.1, 0.15) is 0 Å². The molecule has 0 amide bonds. The van der Waals surface area contributed by atoms with Crippen LogP contribution in [0.4, 0.5) is 0 Å². The van der Waals surface area contributed by atoms with E-state index in [1.54, 1.807) is 0 Å². The van der Waals surface area contributed by atoms with Crippen LogP contribution >= 0.6 is 0 Å². The maximum absolute atomic E-state index is 5.99. The molecule has 2 rings (SSSR count). The zero-order chi connectivity index (χ0) is 15.7. The van der Waals surface area contributed by atoms with Gasteiger partial charge in [-0.25, -0.2) is 0 Å². The zero-order valence-electron chi connectivity index (χ0n) is 14.9. The Balaban J connectivity index is 1.77. The standard InChI is InChI=1S/C16H34N4O/c1-12-13(2)20(16(5)18(12)7)10-8-9-19-11-17(6)14(3)15(4)21-19/h12-16H,8-11H2,1-7H3. The van der Waals surface area contributed by atoms with Crippen LogP contribution in [0.1, 0.15) is 41.0 Å². The quantitative estimate of drug-likeness (QED) is 0.785. The Hall–Kier alpha value is -0.200. The summed E-state index contributed by atoms with van der Waals surface area (Å²) in [6.07, 6.45) is 1.97. The highest BCUT2D eigenvalue weighted by atomic mass is 16.7. The second-order valence-electron chi connectivity index (χ2n) is 7.02. The van der Waals surface area contributed by atoms with Gasteiger partial charge in [0, 0.05) is 31.2 Å². The number of hydroxylamine groups is 2. The predicted molar refractivity (Wildman–Crippen MR) is 86.8 cm³/mol. The van der Waals surface area contributed by atoms with E-state index in [4.69, 9.17) is 4.84 Å². The summed E-state index contributed by atoms with van der Waals surface area (Å²) in [7, 11) is 4.41. The van der Waals surface area contributed by atoms with E-state index in [0.717, 1.165) is 26.2 Å². The van der Waals surface area contributed by atoms with Crippen molar-refractivity contribution in [1.82, 2.24) is 19.8 Å². The highest BCUT2D eigenvalue weighted by molar-refractivity contribution is 4.90. The third-order valence-electron chi connectivity index (χ3n) is 5.83. The number of nitrogens with zero attached hydrogens (tertiary/aromatic N) is 4. The SMILES string of the molecule is CC1ON(CCCN2C(C)C(C)N(C)C2C)CN(C)C1C. The van der Waals surface area contributed by atoms with Gasteiger partial charge in [-0.05, 0) is 55.1 Å².